The molecule has 0 radical (unpaired) electrons. The van der Waals surface area contributed by atoms with Crippen LogP contribution in [0.15, 0.2) is 23.8 Å². The molecule has 0 saturated carbocycles. The van der Waals surface area contributed by atoms with Crippen molar-refractivity contribution < 1.29 is 4.79 Å². The predicted molar refractivity (Wildman–Crippen MR) is 60.4 cm³/mol. The Morgan fingerprint density at radius 3 is 3.29 bits per heavy atom. The standard InChI is InChI=1S/C11H15NOS/c13-11(8-14)12-7-3-5-9-4-1-2-6-10(9)12/h1-2,4,10,14H,3,5-8H2. The Kier molecular flexibility index (Phi) is 2.96. The minimum absolute atomic E-state index is 0.166. The van der Waals surface area contributed by atoms with E-state index in [9.17, 15) is 4.79 Å². The fourth-order valence-electron chi connectivity index (χ4n) is 2.24. The number of nitrogens with zero attached hydrogens (tertiary/aromatic N) is 1. The van der Waals surface area contributed by atoms with Crippen LogP contribution in [0.3, 0.4) is 0 Å². The van der Waals surface area contributed by atoms with Crippen molar-refractivity contribution in [1.82, 2.24) is 4.90 Å². The highest BCUT2D eigenvalue weighted by molar-refractivity contribution is 7.81. The molecule has 0 spiro atoms. The number of fused-ring (bicyclic) bond motifs is 1. The summed E-state index contributed by atoms with van der Waals surface area (Å²) < 4.78 is 0. The normalized spacial score (nSPS) is 25.6. The van der Waals surface area contributed by atoms with Crippen LogP contribution < -0.4 is 0 Å². The Hall–Kier alpha value is -0.700. The summed E-state index contributed by atoms with van der Waals surface area (Å²) in [5, 5.41) is 0. The van der Waals surface area contributed by atoms with Crippen LogP contribution in [-0.2, 0) is 4.79 Å². The molecule has 0 aromatic carbocycles. The van der Waals surface area contributed by atoms with Gasteiger partial charge in [0.1, 0.15) is 0 Å². The van der Waals surface area contributed by atoms with Gasteiger partial charge in [-0.15, -0.1) is 0 Å². The maximum absolute atomic E-state index is 11.6. The summed E-state index contributed by atoms with van der Waals surface area (Å²) in [5.74, 6) is 0.493. The van der Waals surface area contributed by atoms with E-state index in [0.717, 1.165) is 25.8 Å². The maximum atomic E-state index is 11.6. The van der Waals surface area contributed by atoms with Crippen LogP contribution in [0.1, 0.15) is 19.3 Å². The average Bonchev–Trinajstić information content (AvgIpc) is 2.27. The molecule has 1 unspecified atom stereocenters. The van der Waals surface area contributed by atoms with E-state index in [1.54, 1.807) is 0 Å². The number of rotatable bonds is 1. The minimum Gasteiger partial charge on any atom is -0.335 e. The van der Waals surface area contributed by atoms with Gasteiger partial charge in [0.05, 0.1) is 11.8 Å². The summed E-state index contributed by atoms with van der Waals surface area (Å²) >= 11 is 4.05. The van der Waals surface area contributed by atoms with Gasteiger partial charge in [0.25, 0.3) is 0 Å². The lowest BCUT2D eigenvalue weighted by atomic mass is 9.90. The van der Waals surface area contributed by atoms with Crippen molar-refractivity contribution in [2.45, 2.75) is 25.3 Å². The molecule has 0 aromatic rings. The minimum atomic E-state index is 0.166. The van der Waals surface area contributed by atoms with E-state index in [-0.39, 0.29) is 5.91 Å². The highest BCUT2D eigenvalue weighted by atomic mass is 32.1. The van der Waals surface area contributed by atoms with Gasteiger partial charge >= 0.3 is 0 Å². The van der Waals surface area contributed by atoms with Crippen LogP contribution in [0.5, 0.6) is 0 Å². The number of amides is 1. The van der Waals surface area contributed by atoms with E-state index in [1.165, 1.54) is 5.57 Å². The highest BCUT2D eigenvalue weighted by Gasteiger charge is 2.29. The van der Waals surface area contributed by atoms with Gasteiger partial charge in [-0.05, 0) is 24.8 Å². The number of carbonyl (C=O) groups excluding carboxylic acids is 1. The lowest BCUT2D eigenvalue weighted by molar-refractivity contribution is -0.130. The number of piperidine rings is 1. The van der Waals surface area contributed by atoms with Crippen LogP contribution in [0, 0.1) is 0 Å². The smallest absolute Gasteiger partial charge is 0.232 e. The lowest BCUT2D eigenvalue weighted by Gasteiger charge is -2.38. The molecule has 2 aliphatic rings. The Labute approximate surface area is 90.1 Å². The van der Waals surface area contributed by atoms with Gasteiger partial charge in [-0.1, -0.05) is 18.2 Å². The van der Waals surface area contributed by atoms with Crippen molar-refractivity contribution >= 4 is 18.5 Å². The van der Waals surface area contributed by atoms with Crippen molar-refractivity contribution in [3.05, 3.63) is 23.8 Å². The molecule has 0 bridgehead atoms. The first-order valence-corrected chi connectivity index (χ1v) is 5.72. The van der Waals surface area contributed by atoms with Crippen LogP contribution >= 0.6 is 12.6 Å². The third-order valence-corrected chi connectivity index (χ3v) is 3.20. The molecule has 76 valence electrons. The van der Waals surface area contributed by atoms with Crippen molar-refractivity contribution in [2.75, 3.05) is 12.3 Å². The topological polar surface area (TPSA) is 20.3 Å². The van der Waals surface area contributed by atoms with Crippen molar-refractivity contribution in [1.29, 1.82) is 0 Å². The molecule has 3 heteroatoms. The molecule has 1 aliphatic carbocycles. The molecule has 1 heterocycles. The number of hydrogen-bond acceptors (Lipinski definition) is 2. The first kappa shape index (κ1) is 9.84. The fraction of sp³-hybridized carbons (Fsp3) is 0.545. The molecule has 0 N–H and O–H groups in total. The largest absolute Gasteiger partial charge is 0.335 e. The zero-order valence-corrected chi connectivity index (χ0v) is 9.04. The predicted octanol–water partition coefficient (Wildman–Crippen LogP) is 1.79. The highest BCUT2D eigenvalue weighted by Crippen LogP contribution is 2.28. The number of thiol groups is 1. The van der Waals surface area contributed by atoms with Gasteiger partial charge in [0.2, 0.25) is 5.91 Å². The molecular formula is C11H15NOS. The number of likely N-dealkylation sites (tertiary alicyclic amines) is 1. The summed E-state index contributed by atoms with van der Waals surface area (Å²) in [5.41, 5.74) is 1.41. The van der Waals surface area contributed by atoms with Crippen molar-refractivity contribution in [3.63, 3.8) is 0 Å². The molecule has 1 fully saturated rings. The van der Waals surface area contributed by atoms with Gasteiger partial charge in [0.15, 0.2) is 0 Å². The van der Waals surface area contributed by atoms with E-state index >= 15 is 0 Å². The summed E-state index contributed by atoms with van der Waals surface area (Å²) in [6, 6.07) is 0.327. The summed E-state index contributed by atoms with van der Waals surface area (Å²) in [4.78, 5) is 13.6. The SMILES string of the molecule is O=C(CS)N1CCCC2=CC=CCC21. The second kappa shape index (κ2) is 4.22. The monoisotopic (exact) mass is 209 g/mol. The maximum Gasteiger partial charge on any atom is 0.232 e. The Morgan fingerprint density at radius 2 is 2.50 bits per heavy atom. The molecule has 2 nitrogen and oxygen atoms in total. The van der Waals surface area contributed by atoms with Crippen LogP contribution in [0.4, 0.5) is 0 Å². The van der Waals surface area contributed by atoms with Gasteiger partial charge in [-0.2, -0.15) is 12.6 Å². The Morgan fingerprint density at radius 1 is 1.64 bits per heavy atom. The van der Waals surface area contributed by atoms with Crippen LogP contribution in [0.25, 0.3) is 0 Å². The Bertz CT molecular complexity index is 296. The second-order valence-electron chi connectivity index (χ2n) is 3.77. The van der Waals surface area contributed by atoms with E-state index < -0.39 is 0 Å². The Balaban J connectivity index is 2.16. The molecule has 2 rings (SSSR count). The number of allylic oxidation sites excluding steroid dienone is 2. The third-order valence-electron chi connectivity index (χ3n) is 2.93. The van der Waals surface area contributed by atoms with Crippen molar-refractivity contribution in [3.8, 4) is 0 Å². The zero-order chi connectivity index (χ0) is 9.97. The van der Waals surface area contributed by atoms with Gasteiger partial charge in [-0.3, -0.25) is 4.79 Å². The zero-order valence-electron chi connectivity index (χ0n) is 8.15. The first-order valence-electron chi connectivity index (χ1n) is 5.09. The van der Waals surface area contributed by atoms with E-state index in [4.69, 9.17) is 0 Å². The average molecular weight is 209 g/mol. The first-order chi connectivity index (χ1) is 6.83. The third kappa shape index (κ3) is 1.73. The van der Waals surface area contributed by atoms with E-state index in [2.05, 4.69) is 30.9 Å². The molecule has 1 aliphatic heterocycles. The van der Waals surface area contributed by atoms with Gasteiger partial charge in [0, 0.05) is 6.54 Å². The van der Waals surface area contributed by atoms with Crippen LogP contribution in [0.2, 0.25) is 0 Å². The molecule has 1 amide bonds. The van der Waals surface area contributed by atoms with Crippen molar-refractivity contribution in [2.24, 2.45) is 0 Å². The molecule has 1 saturated heterocycles. The van der Waals surface area contributed by atoms with E-state index in [1.807, 2.05) is 4.90 Å². The summed E-state index contributed by atoms with van der Waals surface area (Å²) in [6.07, 6.45) is 9.61. The number of carbonyl (C=O) groups is 1. The molecule has 1 atom stereocenters. The second-order valence-corrected chi connectivity index (χ2v) is 4.09. The van der Waals surface area contributed by atoms with Gasteiger partial charge in [-0.25, -0.2) is 0 Å². The van der Waals surface area contributed by atoms with Gasteiger partial charge < -0.3 is 4.90 Å². The fourth-order valence-corrected chi connectivity index (χ4v) is 2.42. The number of hydrogen-bond donors (Lipinski definition) is 1. The quantitative estimate of drug-likeness (QED) is 0.653. The van der Waals surface area contributed by atoms with Crippen LogP contribution in [-0.4, -0.2) is 29.1 Å². The lowest BCUT2D eigenvalue weighted by Crippen LogP contribution is -2.45. The summed E-state index contributed by atoms with van der Waals surface area (Å²) in [6.45, 7) is 0.898. The molecular weight excluding hydrogens is 194 g/mol. The molecule has 0 aromatic heterocycles. The van der Waals surface area contributed by atoms with E-state index in [0.29, 0.717) is 11.8 Å². The summed E-state index contributed by atoms with van der Waals surface area (Å²) in [7, 11) is 0. The molecule has 14 heavy (non-hydrogen) atoms.